The Kier molecular flexibility index (Phi) is 2.05. The Hall–Kier alpha value is -0.500. The van der Waals surface area contributed by atoms with Crippen LogP contribution in [-0.2, 0) is 4.74 Å². The molecule has 0 saturated carbocycles. The molecular formula is C12H13BrO. The third-order valence-electron chi connectivity index (χ3n) is 3.23. The van der Waals surface area contributed by atoms with E-state index in [0.29, 0.717) is 16.8 Å². The zero-order valence-corrected chi connectivity index (χ0v) is 9.53. The molecule has 0 fully saturated rings. The lowest BCUT2D eigenvalue weighted by Gasteiger charge is -2.25. The maximum absolute atomic E-state index is 5.95. The van der Waals surface area contributed by atoms with Gasteiger partial charge in [-0.25, -0.2) is 0 Å². The molecule has 0 aromatic rings. The van der Waals surface area contributed by atoms with Crippen LogP contribution >= 0.6 is 15.9 Å². The second kappa shape index (κ2) is 3.27. The Bertz CT molecular complexity index is 340. The molecule has 0 bridgehead atoms. The number of fused-ring (bicyclic) bond motifs is 2. The van der Waals surface area contributed by atoms with Crippen LogP contribution in [0.25, 0.3) is 0 Å². The lowest BCUT2D eigenvalue weighted by Crippen LogP contribution is -2.27. The minimum atomic E-state index is 0.292. The fourth-order valence-electron chi connectivity index (χ4n) is 2.55. The monoisotopic (exact) mass is 252 g/mol. The summed E-state index contributed by atoms with van der Waals surface area (Å²) in [6.07, 6.45) is 12.6. The van der Waals surface area contributed by atoms with Crippen molar-refractivity contribution in [2.75, 3.05) is 0 Å². The van der Waals surface area contributed by atoms with Crippen molar-refractivity contribution >= 4 is 15.9 Å². The molecule has 74 valence electrons. The largest absolute Gasteiger partial charge is 0.490 e. The van der Waals surface area contributed by atoms with Crippen LogP contribution in [0.5, 0.6) is 0 Å². The van der Waals surface area contributed by atoms with E-state index < -0.39 is 0 Å². The lowest BCUT2D eigenvalue weighted by molar-refractivity contribution is 0.142. The summed E-state index contributed by atoms with van der Waals surface area (Å²) < 4.78 is 5.95. The quantitative estimate of drug-likeness (QED) is 0.475. The van der Waals surface area contributed by atoms with Gasteiger partial charge in [-0.3, -0.25) is 0 Å². The molecule has 1 heterocycles. The van der Waals surface area contributed by atoms with Crippen LogP contribution in [0.1, 0.15) is 19.3 Å². The predicted molar refractivity (Wildman–Crippen MR) is 60.2 cm³/mol. The molecule has 1 aliphatic heterocycles. The summed E-state index contributed by atoms with van der Waals surface area (Å²) in [5, 5.41) is 0. The van der Waals surface area contributed by atoms with Gasteiger partial charge in [0.15, 0.2) is 0 Å². The van der Waals surface area contributed by atoms with Crippen molar-refractivity contribution in [1.82, 2.24) is 0 Å². The second-order valence-corrected chi connectivity index (χ2v) is 5.28. The summed E-state index contributed by atoms with van der Waals surface area (Å²) in [5.41, 5.74) is 1.44. The van der Waals surface area contributed by atoms with Gasteiger partial charge in [-0.2, -0.15) is 0 Å². The van der Waals surface area contributed by atoms with E-state index in [1.54, 1.807) is 0 Å². The van der Waals surface area contributed by atoms with Crippen molar-refractivity contribution < 1.29 is 4.74 Å². The number of rotatable bonds is 0. The molecular weight excluding hydrogens is 240 g/mol. The fraction of sp³-hybridized carbons (Fsp3) is 0.500. The summed E-state index contributed by atoms with van der Waals surface area (Å²) in [6.45, 7) is 0. The third-order valence-corrected chi connectivity index (χ3v) is 4.17. The highest BCUT2D eigenvalue weighted by molar-refractivity contribution is 9.09. The zero-order chi connectivity index (χ0) is 9.54. The van der Waals surface area contributed by atoms with Crippen molar-refractivity contribution in [2.45, 2.75) is 30.2 Å². The van der Waals surface area contributed by atoms with Crippen LogP contribution in [0.15, 0.2) is 35.6 Å². The van der Waals surface area contributed by atoms with Crippen LogP contribution in [0.2, 0.25) is 0 Å². The Morgan fingerprint density at radius 1 is 1.36 bits per heavy atom. The smallest absolute Gasteiger partial charge is 0.124 e. The van der Waals surface area contributed by atoms with E-state index in [9.17, 15) is 0 Å². The van der Waals surface area contributed by atoms with E-state index >= 15 is 0 Å². The van der Waals surface area contributed by atoms with E-state index in [-0.39, 0.29) is 0 Å². The average Bonchev–Trinajstić information content (AvgIpc) is 2.57. The van der Waals surface area contributed by atoms with Gasteiger partial charge in [0.2, 0.25) is 0 Å². The van der Waals surface area contributed by atoms with Gasteiger partial charge in [-0.15, -0.1) is 0 Å². The Morgan fingerprint density at radius 3 is 3.21 bits per heavy atom. The SMILES string of the molecule is BrC1CC=CC2OC3=C(C=CCC3)C12. The summed E-state index contributed by atoms with van der Waals surface area (Å²) in [4.78, 5) is 0.549. The van der Waals surface area contributed by atoms with Gasteiger partial charge in [0.1, 0.15) is 11.9 Å². The topological polar surface area (TPSA) is 9.23 Å². The third kappa shape index (κ3) is 1.20. The first-order valence-corrected chi connectivity index (χ1v) is 6.15. The summed E-state index contributed by atoms with van der Waals surface area (Å²) in [5.74, 6) is 1.78. The summed E-state index contributed by atoms with van der Waals surface area (Å²) in [6, 6.07) is 0. The molecule has 0 aromatic carbocycles. The van der Waals surface area contributed by atoms with E-state index in [4.69, 9.17) is 4.74 Å². The molecule has 3 unspecified atom stereocenters. The zero-order valence-electron chi connectivity index (χ0n) is 7.95. The molecule has 3 rings (SSSR count). The summed E-state index contributed by atoms with van der Waals surface area (Å²) in [7, 11) is 0. The maximum atomic E-state index is 5.95. The Balaban J connectivity index is 1.98. The number of hydrogen-bond acceptors (Lipinski definition) is 1. The molecule has 0 N–H and O–H groups in total. The maximum Gasteiger partial charge on any atom is 0.124 e. The van der Waals surface area contributed by atoms with Gasteiger partial charge >= 0.3 is 0 Å². The standard InChI is InChI=1S/C12H13BrO/c13-9-5-3-7-11-12(9)8-4-1-2-6-10(8)14-11/h1,3-4,7,9,11-12H,2,5-6H2. The van der Waals surface area contributed by atoms with E-state index in [2.05, 4.69) is 40.2 Å². The van der Waals surface area contributed by atoms with Crippen molar-refractivity contribution in [1.29, 1.82) is 0 Å². The number of alkyl halides is 1. The first-order valence-electron chi connectivity index (χ1n) is 5.23. The van der Waals surface area contributed by atoms with Gasteiger partial charge in [-0.1, -0.05) is 34.2 Å². The van der Waals surface area contributed by atoms with Gasteiger partial charge in [0.05, 0.1) is 0 Å². The van der Waals surface area contributed by atoms with Crippen molar-refractivity contribution in [2.24, 2.45) is 5.92 Å². The van der Waals surface area contributed by atoms with E-state index in [1.807, 2.05) is 0 Å². The van der Waals surface area contributed by atoms with E-state index in [1.165, 1.54) is 11.3 Å². The molecule has 1 nitrogen and oxygen atoms in total. The van der Waals surface area contributed by atoms with Gasteiger partial charge in [0, 0.05) is 17.2 Å². The van der Waals surface area contributed by atoms with Crippen LogP contribution < -0.4 is 0 Å². The fourth-order valence-corrected chi connectivity index (χ4v) is 3.35. The van der Waals surface area contributed by atoms with Gasteiger partial charge < -0.3 is 4.74 Å². The first kappa shape index (κ1) is 8.78. The molecule has 3 aliphatic rings. The molecule has 0 amide bonds. The van der Waals surface area contributed by atoms with Gasteiger partial charge in [0.25, 0.3) is 0 Å². The average molecular weight is 253 g/mol. The second-order valence-electron chi connectivity index (χ2n) is 4.11. The van der Waals surface area contributed by atoms with Crippen molar-refractivity contribution in [3.8, 4) is 0 Å². The van der Waals surface area contributed by atoms with Crippen LogP contribution in [-0.4, -0.2) is 10.9 Å². The molecule has 3 atom stereocenters. The number of ether oxygens (including phenoxy) is 1. The molecule has 14 heavy (non-hydrogen) atoms. The van der Waals surface area contributed by atoms with Crippen molar-refractivity contribution in [3.63, 3.8) is 0 Å². The molecule has 2 aliphatic carbocycles. The minimum absolute atomic E-state index is 0.292. The van der Waals surface area contributed by atoms with Crippen molar-refractivity contribution in [3.05, 3.63) is 35.6 Å². The Morgan fingerprint density at radius 2 is 2.29 bits per heavy atom. The highest BCUT2D eigenvalue weighted by Gasteiger charge is 2.39. The molecule has 2 heteroatoms. The van der Waals surface area contributed by atoms with Crippen LogP contribution in [0.3, 0.4) is 0 Å². The number of hydrogen-bond donors (Lipinski definition) is 0. The van der Waals surface area contributed by atoms with Gasteiger partial charge in [-0.05, 0) is 24.5 Å². The van der Waals surface area contributed by atoms with Crippen LogP contribution in [0.4, 0.5) is 0 Å². The summed E-state index contributed by atoms with van der Waals surface area (Å²) >= 11 is 3.76. The molecule has 0 aromatic heterocycles. The van der Waals surface area contributed by atoms with Crippen LogP contribution in [0, 0.1) is 5.92 Å². The number of halogens is 1. The normalized spacial score (nSPS) is 39.4. The Labute approximate surface area is 92.6 Å². The molecule has 0 spiro atoms. The highest BCUT2D eigenvalue weighted by atomic mass is 79.9. The van der Waals surface area contributed by atoms with E-state index in [0.717, 1.165) is 19.3 Å². The number of allylic oxidation sites excluding steroid dienone is 4. The first-order chi connectivity index (χ1) is 6.86. The predicted octanol–water partition coefficient (Wildman–Crippen LogP) is 3.33. The molecule has 0 saturated heterocycles. The highest BCUT2D eigenvalue weighted by Crippen LogP contribution is 2.44. The minimum Gasteiger partial charge on any atom is -0.490 e. The lowest BCUT2D eigenvalue weighted by atomic mass is 9.85. The molecule has 0 radical (unpaired) electrons.